The summed E-state index contributed by atoms with van der Waals surface area (Å²) >= 11 is 0. The average molecular weight is 1020 g/mol. The van der Waals surface area contributed by atoms with E-state index in [9.17, 15) is 50.2 Å². The molecule has 2 aliphatic heterocycles. The van der Waals surface area contributed by atoms with Crippen molar-refractivity contribution in [1.82, 2.24) is 31.1 Å². The van der Waals surface area contributed by atoms with Gasteiger partial charge in [-0.1, -0.05) is 70.9 Å². The van der Waals surface area contributed by atoms with Gasteiger partial charge in [-0.3, -0.25) is 42.9 Å². The summed E-state index contributed by atoms with van der Waals surface area (Å²) in [5, 5.41) is 9.82. The molecule has 69 heavy (non-hydrogen) atoms. The van der Waals surface area contributed by atoms with Crippen molar-refractivity contribution in [2.75, 3.05) is 27.3 Å². The van der Waals surface area contributed by atoms with Gasteiger partial charge >= 0.3 is 26.8 Å². The van der Waals surface area contributed by atoms with Crippen LogP contribution in [-0.2, 0) is 78.6 Å². The molecule has 2 aliphatic rings. The molecule has 2 fully saturated rings. The summed E-state index contributed by atoms with van der Waals surface area (Å²) in [4.78, 5) is 107. The van der Waals surface area contributed by atoms with E-state index < -0.39 is 135 Å². The number of aliphatic imine (C=N–C) groups is 1. The number of carbonyl (C=O) groups is 7. The Morgan fingerprint density at radius 2 is 1.55 bits per heavy atom. The Kier molecular flexibility index (Phi) is 21.7. The molecule has 0 aromatic heterocycles. The molecule has 1 aromatic carbocycles. The number of nitrogens with two attached hydrogens (primary N) is 2. The van der Waals surface area contributed by atoms with E-state index in [-0.39, 0.29) is 51.0 Å². The molecule has 0 aliphatic carbocycles. The van der Waals surface area contributed by atoms with Crippen molar-refractivity contribution in [3.63, 3.8) is 0 Å². The van der Waals surface area contributed by atoms with Gasteiger partial charge in [0.2, 0.25) is 29.5 Å². The lowest BCUT2D eigenvalue weighted by atomic mass is 9.91. The monoisotopic (exact) mass is 1020 g/mol. The highest BCUT2D eigenvalue weighted by atomic mass is 32.3. The van der Waals surface area contributed by atoms with Gasteiger partial charge in [0.05, 0.1) is 0 Å². The lowest BCUT2D eigenvalue weighted by Gasteiger charge is -2.46. The predicted octanol–water partition coefficient (Wildman–Crippen LogP) is -1.94. The molecule has 26 nitrogen and oxygen atoms in total. The topological polar surface area (TPSA) is 384 Å². The minimum atomic E-state index is -5.57. The molecule has 6 amide bonds. The van der Waals surface area contributed by atoms with E-state index >= 15 is 4.79 Å². The van der Waals surface area contributed by atoms with Crippen molar-refractivity contribution in [1.29, 1.82) is 0 Å². The minimum Gasteiger partial charge on any atom is -0.458 e. The SMILES string of the molecule is CCC(C)C1NC(=O)C(Cc2ccccc2)N(C)C(=O)C(C(C)CC)N2C(=O)C(CCC2OC)NC(=O)C(CCCN=C(N)N)NC(=O)C(NC(=O)[C@@H](COS(=O)(=O)O)OS(=O)(=O)O)C(C)OC1=O. The highest BCUT2D eigenvalue weighted by Crippen LogP contribution is 2.29. The van der Waals surface area contributed by atoms with Crippen LogP contribution in [0, 0.1) is 11.8 Å². The van der Waals surface area contributed by atoms with Crippen molar-refractivity contribution in [2.24, 2.45) is 28.3 Å². The van der Waals surface area contributed by atoms with Gasteiger partial charge in [0.15, 0.2) is 12.1 Å². The van der Waals surface area contributed by atoms with Crippen LogP contribution >= 0.6 is 0 Å². The fourth-order valence-electron chi connectivity index (χ4n) is 7.67. The normalized spacial score (nSPS) is 26.2. The van der Waals surface area contributed by atoms with Crippen LogP contribution in [0.25, 0.3) is 0 Å². The summed E-state index contributed by atoms with van der Waals surface area (Å²) in [5.74, 6) is -8.86. The number of carbonyl (C=O) groups excluding carboxylic acids is 7. The number of likely N-dealkylation sites (N-methyl/N-ethyl adjacent to an activating group) is 1. The smallest absolute Gasteiger partial charge is 0.398 e. The number of piperidine rings is 1. The summed E-state index contributed by atoms with van der Waals surface area (Å²) < 4.78 is 84.5. The van der Waals surface area contributed by atoms with Crippen molar-refractivity contribution in [3.05, 3.63) is 35.9 Å². The van der Waals surface area contributed by atoms with Crippen LogP contribution in [0.2, 0.25) is 0 Å². The second-order valence-electron chi connectivity index (χ2n) is 16.8. The average Bonchev–Trinajstić information content (AvgIpc) is 3.28. The number of ether oxygens (including phenoxy) is 2. The van der Waals surface area contributed by atoms with Gasteiger partial charge in [0, 0.05) is 27.1 Å². The Morgan fingerprint density at radius 1 is 0.913 bits per heavy atom. The molecule has 28 heteroatoms. The first-order valence-electron chi connectivity index (χ1n) is 22.1. The Hall–Kier alpha value is -5.52. The van der Waals surface area contributed by atoms with E-state index in [4.69, 9.17) is 25.5 Å². The van der Waals surface area contributed by atoms with E-state index in [1.54, 1.807) is 58.0 Å². The van der Waals surface area contributed by atoms with Crippen molar-refractivity contribution >= 4 is 68.2 Å². The molecular formula is C41H65N9O17S2. The largest absolute Gasteiger partial charge is 0.458 e. The fraction of sp³-hybridized carbons (Fsp3) is 0.659. The fourth-order valence-corrected chi connectivity index (χ4v) is 8.41. The molecule has 0 radical (unpaired) electrons. The molecule has 1 aromatic rings. The van der Waals surface area contributed by atoms with Crippen LogP contribution in [0.1, 0.15) is 78.7 Å². The molecule has 10 N–H and O–H groups in total. The molecular weight excluding hydrogens is 955 g/mol. The summed E-state index contributed by atoms with van der Waals surface area (Å²) in [7, 11) is -8.20. The first-order valence-corrected chi connectivity index (χ1v) is 24.9. The van der Waals surface area contributed by atoms with Gasteiger partial charge in [-0.25, -0.2) is 13.2 Å². The van der Waals surface area contributed by atoms with E-state index in [2.05, 4.69) is 34.6 Å². The Morgan fingerprint density at radius 3 is 2.12 bits per heavy atom. The number of nitrogens with one attached hydrogen (secondary N) is 4. The molecule has 388 valence electrons. The van der Waals surface area contributed by atoms with Gasteiger partial charge in [-0.15, -0.1) is 0 Å². The van der Waals surface area contributed by atoms with Crippen LogP contribution in [-0.4, -0.2) is 165 Å². The third-order valence-corrected chi connectivity index (χ3v) is 12.8. The van der Waals surface area contributed by atoms with E-state index in [0.29, 0.717) is 12.0 Å². The third-order valence-electron chi connectivity index (χ3n) is 11.9. The first-order chi connectivity index (χ1) is 32.2. The number of benzene rings is 1. The summed E-state index contributed by atoms with van der Waals surface area (Å²) in [5.41, 5.74) is 11.6. The Balaban J connectivity index is 2.31. The first kappa shape index (κ1) is 57.8. The number of hydrogen-bond donors (Lipinski definition) is 8. The molecule has 11 atom stereocenters. The van der Waals surface area contributed by atoms with Gasteiger partial charge in [-0.05, 0) is 50.0 Å². The number of rotatable bonds is 18. The molecule has 2 heterocycles. The Bertz CT molecular complexity index is 2230. The summed E-state index contributed by atoms with van der Waals surface area (Å²) in [6.45, 7) is 6.29. The van der Waals surface area contributed by atoms with Crippen molar-refractivity contribution in [2.45, 2.75) is 134 Å². The van der Waals surface area contributed by atoms with E-state index in [0.717, 1.165) is 6.92 Å². The van der Waals surface area contributed by atoms with Crippen molar-refractivity contribution < 1.29 is 77.3 Å². The highest BCUT2D eigenvalue weighted by Gasteiger charge is 2.48. The molecule has 2 saturated heterocycles. The Labute approximate surface area is 401 Å². The van der Waals surface area contributed by atoms with Crippen LogP contribution in [0.5, 0.6) is 0 Å². The quantitative estimate of drug-likeness (QED) is 0.0261. The maximum Gasteiger partial charge on any atom is 0.398 e. The molecule has 10 unspecified atom stereocenters. The standard InChI is InChI=1S/C41H65N9O17S2/c1-8-22(3)31-40(57)66-24(5)32(48-36(53)29(67-69(61,62)63)21-65-68(58,59)60)37(54)45-26(16-13-19-44-41(42)43)34(51)46-27-17-18-30(64-7)50(38(27)55)33(23(4)9-2)39(56)49(6)28(35(52)47-31)20-25-14-11-10-12-15-25/h10-12,14-15,22-24,26-33H,8-9,13,16-21H2,1-7H3,(H,45,54)(H,46,51)(H,47,52)(H,48,53)(H4,42,43,44)(H,58,59,60)(H,61,62,63)/t22?,23?,24?,26?,27?,28?,29-,30?,31?,32?,33?/m1/s1. The molecule has 0 spiro atoms. The van der Waals surface area contributed by atoms with Gasteiger partial charge in [0.25, 0.3) is 5.91 Å². The molecule has 2 bridgehead atoms. The predicted molar refractivity (Wildman–Crippen MR) is 243 cm³/mol. The third kappa shape index (κ3) is 17.1. The van der Waals surface area contributed by atoms with Crippen LogP contribution in [0.3, 0.4) is 0 Å². The number of nitrogens with zero attached hydrogens (tertiary/aromatic N) is 3. The summed E-state index contributed by atoms with van der Waals surface area (Å²) in [6.07, 6.45) is -4.97. The molecule has 0 saturated carbocycles. The van der Waals surface area contributed by atoms with Crippen LogP contribution < -0.4 is 32.7 Å². The second kappa shape index (κ2) is 25.9. The number of methoxy groups -OCH3 is 1. The zero-order chi connectivity index (χ0) is 52.0. The van der Waals surface area contributed by atoms with Gasteiger partial charge < -0.3 is 52.0 Å². The number of fused-ring (bicyclic) bond motifs is 2. The number of guanidine groups is 1. The zero-order valence-electron chi connectivity index (χ0n) is 39.4. The van der Waals surface area contributed by atoms with E-state index in [1.807, 2.05) is 0 Å². The van der Waals surface area contributed by atoms with E-state index in [1.165, 1.54) is 24.0 Å². The lowest BCUT2D eigenvalue weighted by molar-refractivity contribution is -0.171. The number of cyclic esters (lactones) is 1. The summed E-state index contributed by atoms with van der Waals surface area (Å²) in [6, 6.07) is -0.471. The second-order valence-corrected chi connectivity index (χ2v) is 18.9. The van der Waals surface area contributed by atoms with Crippen LogP contribution in [0.4, 0.5) is 0 Å². The number of hydrogen-bond acceptors (Lipinski definition) is 16. The minimum absolute atomic E-state index is 0.00596. The highest BCUT2D eigenvalue weighted by molar-refractivity contribution is 7.81. The zero-order valence-corrected chi connectivity index (χ0v) is 41.1. The van der Waals surface area contributed by atoms with Gasteiger partial charge in [0.1, 0.15) is 55.2 Å². The lowest BCUT2D eigenvalue weighted by Crippen LogP contribution is -2.66. The van der Waals surface area contributed by atoms with Crippen LogP contribution in [0.15, 0.2) is 35.3 Å². The molecule has 3 rings (SSSR count). The maximum absolute atomic E-state index is 15.0. The van der Waals surface area contributed by atoms with Crippen molar-refractivity contribution in [3.8, 4) is 0 Å². The number of amides is 6. The maximum atomic E-state index is 15.0. The number of esters is 1. The van der Waals surface area contributed by atoms with Gasteiger partial charge in [-0.2, -0.15) is 16.8 Å².